The molecule has 0 heterocycles. The van der Waals surface area contributed by atoms with Crippen molar-refractivity contribution in [1.29, 1.82) is 0 Å². The van der Waals surface area contributed by atoms with Gasteiger partial charge in [-0.15, -0.1) is 0 Å². The highest BCUT2D eigenvalue weighted by atomic mass is 31.2. The third-order valence-electron chi connectivity index (χ3n) is 5.72. The van der Waals surface area contributed by atoms with Crippen LogP contribution in [0.2, 0.25) is 0 Å². The molecule has 0 nitrogen and oxygen atoms in total. The van der Waals surface area contributed by atoms with Crippen molar-refractivity contribution in [3.8, 4) is 0 Å². The van der Waals surface area contributed by atoms with Crippen LogP contribution in [0.15, 0.2) is 0 Å². The van der Waals surface area contributed by atoms with Crippen molar-refractivity contribution in [2.45, 2.75) is 92.4 Å². The predicted molar refractivity (Wildman–Crippen MR) is 123 cm³/mol. The maximum absolute atomic E-state index is 6.95. The molecule has 0 saturated carbocycles. The predicted octanol–water partition coefficient (Wildman–Crippen LogP) is 6.88. The number of hydrogen-bond acceptors (Lipinski definition) is 0. The summed E-state index contributed by atoms with van der Waals surface area (Å²) in [6, 6.07) is 0. The van der Waals surface area contributed by atoms with Crippen molar-refractivity contribution in [3.63, 3.8) is 0 Å². The molecular formula is C20H44B2P2. The third-order valence-corrected chi connectivity index (χ3v) is 14.2. The SMILES string of the molecule is [B-][P+](C)(CC[P+]([B-])(C)C(C)(C)CC(C)(C)C)C(C)(C)CC(C)(C)C. The van der Waals surface area contributed by atoms with Gasteiger partial charge in [-0.1, -0.05) is 41.5 Å². The van der Waals surface area contributed by atoms with Crippen molar-refractivity contribution in [2.75, 3.05) is 25.7 Å². The molecule has 4 heteroatoms. The van der Waals surface area contributed by atoms with Crippen molar-refractivity contribution >= 4 is 29.4 Å². The van der Waals surface area contributed by atoms with Crippen LogP contribution in [0, 0.1) is 10.8 Å². The molecule has 2 atom stereocenters. The summed E-state index contributed by atoms with van der Waals surface area (Å²) in [7, 11) is 10.9. The normalized spacial score (nSPS) is 19.8. The Labute approximate surface area is 158 Å². The van der Waals surface area contributed by atoms with Gasteiger partial charge in [0.2, 0.25) is 0 Å². The standard InChI is InChI=1S/C20H44B2P2/c1-17(2,3)15-19(7,8)23(11,21)13-14-24(12,22)20(9,10)16-18(4,5)6/h13-16H2,1-12H3. The molecule has 24 heavy (non-hydrogen) atoms. The second kappa shape index (κ2) is 7.55. The highest BCUT2D eigenvalue weighted by Crippen LogP contribution is 2.70. The average molecular weight is 368 g/mol. The van der Waals surface area contributed by atoms with Crippen LogP contribution in [0.3, 0.4) is 0 Å². The van der Waals surface area contributed by atoms with Crippen molar-refractivity contribution < 1.29 is 0 Å². The van der Waals surface area contributed by atoms with E-state index in [9.17, 15) is 0 Å². The van der Waals surface area contributed by atoms with Crippen LogP contribution in [0.25, 0.3) is 0 Å². The van der Waals surface area contributed by atoms with Gasteiger partial charge in [0.15, 0.2) is 0 Å². The smallest absolute Gasteiger partial charge is 0.0412 e. The van der Waals surface area contributed by atoms with E-state index in [1.54, 1.807) is 0 Å². The summed E-state index contributed by atoms with van der Waals surface area (Å²) in [6.07, 6.45) is 4.58. The van der Waals surface area contributed by atoms with Crippen molar-refractivity contribution in [1.82, 2.24) is 0 Å². The number of rotatable bonds is 7. The molecule has 0 saturated heterocycles. The van der Waals surface area contributed by atoms with Crippen LogP contribution >= 0.6 is 14.3 Å². The van der Waals surface area contributed by atoms with Gasteiger partial charge in [-0.05, 0) is 51.4 Å². The first-order valence-corrected chi connectivity index (χ1v) is 14.4. The van der Waals surface area contributed by atoms with Gasteiger partial charge in [0.1, 0.15) is 0 Å². The molecule has 2 unspecified atom stereocenters. The van der Waals surface area contributed by atoms with Gasteiger partial charge in [0.25, 0.3) is 0 Å². The summed E-state index contributed by atoms with van der Waals surface area (Å²) in [5, 5.41) is 0.416. The first kappa shape index (κ1) is 25.0. The third kappa shape index (κ3) is 7.70. The highest BCUT2D eigenvalue weighted by Gasteiger charge is 2.41. The molecule has 140 valence electrons. The molecule has 0 aromatic heterocycles. The van der Waals surface area contributed by atoms with Gasteiger partial charge in [0, 0.05) is 36.0 Å². The monoisotopic (exact) mass is 368 g/mol. The molecule has 0 aromatic rings. The van der Waals surface area contributed by atoms with E-state index in [4.69, 9.17) is 15.1 Å². The summed E-state index contributed by atoms with van der Waals surface area (Å²) in [6.45, 7) is 28.1. The Morgan fingerprint density at radius 3 is 0.917 bits per heavy atom. The molecule has 0 aliphatic heterocycles. The zero-order valence-corrected chi connectivity index (χ0v) is 20.7. The lowest BCUT2D eigenvalue weighted by Crippen LogP contribution is -2.35. The molecule has 0 N–H and O–H groups in total. The van der Waals surface area contributed by atoms with E-state index >= 15 is 0 Å². The second-order valence-electron chi connectivity index (χ2n) is 12.1. The quantitative estimate of drug-likeness (QED) is 0.340. The van der Waals surface area contributed by atoms with Gasteiger partial charge >= 0.3 is 0 Å². The van der Waals surface area contributed by atoms with Crippen molar-refractivity contribution in [3.05, 3.63) is 0 Å². The molecule has 0 fully saturated rings. The maximum atomic E-state index is 6.95. The van der Waals surface area contributed by atoms with Crippen LogP contribution in [0.4, 0.5) is 0 Å². The fraction of sp³-hybridized carbons (Fsp3) is 1.00. The average Bonchev–Trinajstić information content (AvgIpc) is 2.19. The first-order chi connectivity index (χ1) is 10.1. The van der Waals surface area contributed by atoms with E-state index in [2.05, 4.69) is 82.6 Å². The van der Waals surface area contributed by atoms with E-state index < -0.39 is 14.3 Å². The molecule has 0 amide bonds. The lowest BCUT2D eigenvalue weighted by Gasteiger charge is -2.54. The van der Waals surface area contributed by atoms with E-state index in [1.807, 2.05) is 0 Å². The summed E-state index contributed by atoms with van der Waals surface area (Å²) in [4.78, 5) is 0. The van der Waals surface area contributed by atoms with Gasteiger partial charge in [0.05, 0.1) is 0 Å². The Bertz CT molecular complexity index is 370. The zero-order valence-electron chi connectivity index (χ0n) is 18.9. The summed E-state index contributed by atoms with van der Waals surface area (Å²) < 4.78 is 0. The first-order valence-electron chi connectivity index (χ1n) is 9.40. The zero-order chi connectivity index (χ0) is 19.8. The minimum atomic E-state index is -1.51. The largest absolute Gasteiger partial charge is 0.306 e. The Morgan fingerprint density at radius 2 is 0.750 bits per heavy atom. The van der Waals surface area contributed by atoms with Crippen LogP contribution in [-0.4, -0.2) is 51.1 Å². The fourth-order valence-electron chi connectivity index (χ4n) is 3.98. The molecule has 0 rings (SSSR count). The van der Waals surface area contributed by atoms with Gasteiger partial charge in [-0.3, -0.25) is 0 Å². The van der Waals surface area contributed by atoms with Crippen molar-refractivity contribution in [2.24, 2.45) is 10.8 Å². The molecular weight excluding hydrogens is 324 g/mol. The summed E-state index contributed by atoms with van der Waals surface area (Å²) in [5.41, 5.74) is 0.633. The topological polar surface area (TPSA) is 0 Å². The lowest BCUT2D eigenvalue weighted by atomic mass is 9.86. The Balaban J connectivity index is 5.14. The van der Waals surface area contributed by atoms with Crippen LogP contribution < -0.4 is 0 Å². The van der Waals surface area contributed by atoms with Gasteiger partial charge < -0.3 is 15.1 Å². The Morgan fingerprint density at radius 1 is 0.542 bits per heavy atom. The van der Waals surface area contributed by atoms with Crippen LogP contribution in [0.5, 0.6) is 0 Å². The van der Waals surface area contributed by atoms with E-state index in [0.29, 0.717) is 10.8 Å². The molecule has 0 aliphatic rings. The lowest BCUT2D eigenvalue weighted by molar-refractivity contribution is 0.334. The van der Waals surface area contributed by atoms with E-state index in [0.717, 1.165) is 12.3 Å². The fourth-order valence-corrected chi connectivity index (χ4v) is 10.2. The molecule has 0 bridgehead atoms. The molecule has 0 aliphatic carbocycles. The minimum absolute atomic E-state index is 0.208. The van der Waals surface area contributed by atoms with Crippen LogP contribution in [-0.2, 0) is 0 Å². The summed E-state index contributed by atoms with van der Waals surface area (Å²) >= 11 is 0. The van der Waals surface area contributed by atoms with Gasteiger partial charge in [-0.25, -0.2) is 14.3 Å². The molecule has 6 radical (unpaired) electrons. The molecule has 0 spiro atoms. The number of hydrogen-bond donors (Lipinski definition) is 0. The minimum Gasteiger partial charge on any atom is -0.306 e. The maximum Gasteiger partial charge on any atom is 0.0412 e. The summed E-state index contributed by atoms with van der Waals surface area (Å²) in [5.74, 6) is 0. The second-order valence-corrected chi connectivity index (χ2v) is 20.5. The van der Waals surface area contributed by atoms with E-state index in [-0.39, 0.29) is 10.3 Å². The van der Waals surface area contributed by atoms with Crippen LogP contribution in [0.1, 0.15) is 82.1 Å². The highest BCUT2D eigenvalue weighted by molar-refractivity contribution is 8.01. The Kier molecular flexibility index (Phi) is 7.86. The van der Waals surface area contributed by atoms with E-state index in [1.165, 1.54) is 12.8 Å². The Hall–Kier alpha value is 0.990. The van der Waals surface area contributed by atoms with Gasteiger partial charge in [-0.2, -0.15) is 0 Å². The molecule has 0 aromatic carbocycles.